The Balaban J connectivity index is 1.63. The Morgan fingerprint density at radius 3 is 2.54 bits per heavy atom. The first-order valence-corrected chi connectivity index (χ1v) is 8.93. The SMILES string of the molecule is C[C@@H](Sc1nnc(Nc2ccccc2)s1)C(=O)c1ccc(F)cc1. The number of rotatable bonds is 6. The van der Waals surface area contributed by atoms with Gasteiger partial charge in [-0.3, -0.25) is 4.79 Å². The van der Waals surface area contributed by atoms with Crippen LogP contribution in [0, 0.1) is 5.82 Å². The highest BCUT2D eigenvalue weighted by atomic mass is 32.2. The predicted octanol–water partition coefficient (Wildman–Crippen LogP) is 4.78. The van der Waals surface area contributed by atoms with Crippen molar-refractivity contribution >= 4 is 39.7 Å². The largest absolute Gasteiger partial charge is 0.330 e. The van der Waals surface area contributed by atoms with Crippen molar-refractivity contribution in [2.45, 2.75) is 16.5 Å². The number of carbonyl (C=O) groups excluding carboxylic acids is 1. The van der Waals surface area contributed by atoms with Crippen molar-refractivity contribution in [2.24, 2.45) is 0 Å². The number of nitrogens with one attached hydrogen (secondary N) is 1. The molecule has 122 valence electrons. The summed E-state index contributed by atoms with van der Waals surface area (Å²) in [6.45, 7) is 1.81. The normalized spacial score (nSPS) is 11.9. The third kappa shape index (κ3) is 4.18. The van der Waals surface area contributed by atoms with Crippen molar-refractivity contribution in [3.8, 4) is 0 Å². The molecule has 7 heteroatoms. The number of hydrogen-bond donors (Lipinski definition) is 1. The minimum absolute atomic E-state index is 0.0623. The molecule has 3 rings (SSSR count). The lowest BCUT2D eigenvalue weighted by atomic mass is 10.1. The van der Waals surface area contributed by atoms with Crippen molar-refractivity contribution in [1.29, 1.82) is 0 Å². The fourth-order valence-electron chi connectivity index (χ4n) is 2.01. The first-order valence-electron chi connectivity index (χ1n) is 7.24. The fraction of sp³-hybridized carbons (Fsp3) is 0.118. The second-order valence-electron chi connectivity index (χ2n) is 5.00. The number of thioether (sulfide) groups is 1. The van der Waals surface area contributed by atoms with Gasteiger partial charge < -0.3 is 5.32 Å². The molecule has 0 amide bonds. The van der Waals surface area contributed by atoms with Crippen LogP contribution in [0.4, 0.5) is 15.2 Å². The predicted molar refractivity (Wildman–Crippen MR) is 95.7 cm³/mol. The molecule has 0 aliphatic heterocycles. The van der Waals surface area contributed by atoms with Gasteiger partial charge in [-0.1, -0.05) is 41.3 Å². The van der Waals surface area contributed by atoms with Gasteiger partial charge >= 0.3 is 0 Å². The molecule has 0 bridgehead atoms. The molecule has 0 spiro atoms. The number of Topliss-reactive ketones (excluding diaryl/α,β-unsaturated/α-hetero) is 1. The Morgan fingerprint density at radius 2 is 1.83 bits per heavy atom. The third-order valence-corrected chi connectivity index (χ3v) is 5.23. The van der Waals surface area contributed by atoms with Gasteiger partial charge in [-0.05, 0) is 43.3 Å². The van der Waals surface area contributed by atoms with E-state index in [-0.39, 0.29) is 16.9 Å². The highest BCUT2D eigenvalue weighted by Gasteiger charge is 2.19. The van der Waals surface area contributed by atoms with E-state index in [2.05, 4.69) is 15.5 Å². The second kappa shape index (κ2) is 7.55. The molecule has 1 N–H and O–H groups in total. The van der Waals surface area contributed by atoms with Crippen LogP contribution >= 0.6 is 23.1 Å². The second-order valence-corrected chi connectivity index (χ2v) is 7.56. The number of anilines is 2. The summed E-state index contributed by atoms with van der Waals surface area (Å²) in [6.07, 6.45) is 0. The zero-order chi connectivity index (χ0) is 16.9. The summed E-state index contributed by atoms with van der Waals surface area (Å²) in [4.78, 5) is 12.4. The van der Waals surface area contributed by atoms with E-state index >= 15 is 0 Å². The number of benzene rings is 2. The van der Waals surface area contributed by atoms with E-state index in [1.165, 1.54) is 47.4 Å². The van der Waals surface area contributed by atoms with E-state index in [1.807, 2.05) is 37.3 Å². The van der Waals surface area contributed by atoms with E-state index in [0.29, 0.717) is 15.0 Å². The summed E-state index contributed by atoms with van der Waals surface area (Å²) in [7, 11) is 0. The quantitative estimate of drug-likeness (QED) is 0.507. The average molecular weight is 359 g/mol. The molecule has 0 aliphatic carbocycles. The van der Waals surface area contributed by atoms with Crippen LogP contribution in [0.2, 0.25) is 0 Å². The minimum Gasteiger partial charge on any atom is -0.330 e. The van der Waals surface area contributed by atoms with Gasteiger partial charge in [-0.25, -0.2) is 4.39 Å². The van der Waals surface area contributed by atoms with Crippen LogP contribution in [0.3, 0.4) is 0 Å². The summed E-state index contributed by atoms with van der Waals surface area (Å²) in [6, 6.07) is 15.3. The Labute approximate surface area is 147 Å². The molecule has 0 saturated carbocycles. The van der Waals surface area contributed by atoms with Crippen LogP contribution in [0.5, 0.6) is 0 Å². The van der Waals surface area contributed by atoms with Gasteiger partial charge in [0.1, 0.15) is 5.82 Å². The number of para-hydroxylation sites is 1. The van der Waals surface area contributed by atoms with Crippen LogP contribution in [0.1, 0.15) is 17.3 Å². The molecule has 1 atom stereocenters. The van der Waals surface area contributed by atoms with Gasteiger partial charge in [0.25, 0.3) is 0 Å². The Morgan fingerprint density at radius 1 is 1.12 bits per heavy atom. The monoisotopic (exact) mass is 359 g/mol. The van der Waals surface area contributed by atoms with E-state index in [9.17, 15) is 9.18 Å². The number of nitrogens with zero attached hydrogens (tertiary/aromatic N) is 2. The molecule has 0 aliphatic rings. The summed E-state index contributed by atoms with van der Waals surface area (Å²) >= 11 is 2.73. The zero-order valence-electron chi connectivity index (χ0n) is 12.8. The Kier molecular flexibility index (Phi) is 5.22. The van der Waals surface area contributed by atoms with Crippen molar-refractivity contribution in [3.63, 3.8) is 0 Å². The van der Waals surface area contributed by atoms with Gasteiger partial charge in [0, 0.05) is 11.3 Å². The maximum absolute atomic E-state index is 12.9. The lowest BCUT2D eigenvalue weighted by Gasteiger charge is -2.07. The molecule has 0 saturated heterocycles. The number of aromatic nitrogens is 2. The van der Waals surface area contributed by atoms with Crippen LogP contribution in [-0.4, -0.2) is 21.2 Å². The van der Waals surface area contributed by atoms with Crippen LogP contribution in [0.25, 0.3) is 0 Å². The minimum atomic E-state index is -0.354. The van der Waals surface area contributed by atoms with Gasteiger partial charge in [0.2, 0.25) is 5.13 Å². The molecule has 3 aromatic rings. The topological polar surface area (TPSA) is 54.9 Å². The number of hydrogen-bond acceptors (Lipinski definition) is 6. The maximum atomic E-state index is 12.9. The summed E-state index contributed by atoms with van der Waals surface area (Å²) in [5.41, 5.74) is 1.42. The summed E-state index contributed by atoms with van der Waals surface area (Å²) in [5, 5.41) is 11.7. The van der Waals surface area contributed by atoms with E-state index in [1.54, 1.807) is 0 Å². The van der Waals surface area contributed by atoms with Gasteiger partial charge in [-0.2, -0.15) is 0 Å². The standard InChI is InChI=1S/C17H14FN3OS2/c1-11(15(22)12-7-9-13(18)10-8-12)23-17-21-20-16(24-17)19-14-5-3-2-4-6-14/h2-11H,1H3,(H,19,20)/t11-/m1/s1. The van der Waals surface area contributed by atoms with E-state index < -0.39 is 0 Å². The molecule has 0 radical (unpaired) electrons. The molecule has 0 fully saturated rings. The zero-order valence-corrected chi connectivity index (χ0v) is 14.4. The van der Waals surface area contributed by atoms with Crippen LogP contribution in [0.15, 0.2) is 58.9 Å². The number of ketones is 1. The smallest absolute Gasteiger partial charge is 0.210 e. The average Bonchev–Trinajstić information content (AvgIpc) is 3.02. The van der Waals surface area contributed by atoms with Gasteiger partial charge in [0.15, 0.2) is 10.1 Å². The molecule has 4 nitrogen and oxygen atoms in total. The number of halogens is 1. The van der Waals surface area contributed by atoms with E-state index in [4.69, 9.17) is 0 Å². The lowest BCUT2D eigenvalue weighted by molar-refractivity contribution is 0.0994. The van der Waals surface area contributed by atoms with Crippen molar-refractivity contribution in [3.05, 3.63) is 66.0 Å². The molecule has 0 unspecified atom stereocenters. The molecule has 1 heterocycles. The first kappa shape index (κ1) is 16.6. The molecular weight excluding hydrogens is 345 g/mol. The van der Waals surface area contributed by atoms with Crippen molar-refractivity contribution < 1.29 is 9.18 Å². The van der Waals surface area contributed by atoms with Gasteiger partial charge in [0.05, 0.1) is 5.25 Å². The summed E-state index contributed by atoms with van der Waals surface area (Å²) < 4.78 is 13.6. The highest BCUT2D eigenvalue weighted by molar-refractivity contribution is 8.02. The van der Waals surface area contributed by atoms with Crippen LogP contribution < -0.4 is 5.32 Å². The van der Waals surface area contributed by atoms with Crippen molar-refractivity contribution in [1.82, 2.24) is 10.2 Å². The maximum Gasteiger partial charge on any atom is 0.210 e. The fourth-order valence-corrected chi connectivity index (χ4v) is 4.00. The van der Waals surface area contributed by atoms with Gasteiger partial charge in [-0.15, -0.1) is 10.2 Å². The summed E-state index contributed by atoms with van der Waals surface area (Å²) in [5.74, 6) is -0.416. The highest BCUT2D eigenvalue weighted by Crippen LogP contribution is 2.31. The third-order valence-electron chi connectivity index (χ3n) is 3.21. The van der Waals surface area contributed by atoms with Crippen LogP contribution in [-0.2, 0) is 0 Å². The number of carbonyl (C=O) groups is 1. The first-order chi connectivity index (χ1) is 11.6. The Hall–Kier alpha value is -2.25. The Bertz CT molecular complexity index is 821. The molecular formula is C17H14FN3OS2. The molecule has 24 heavy (non-hydrogen) atoms. The molecule has 1 aromatic heterocycles. The van der Waals surface area contributed by atoms with Crippen molar-refractivity contribution in [2.75, 3.05) is 5.32 Å². The van der Waals surface area contributed by atoms with E-state index in [0.717, 1.165) is 5.69 Å². The lowest BCUT2D eigenvalue weighted by Crippen LogP contribution is -2.13. The molecule has 2 aromatic carbocycles.